The topological polar surface area (TPSA) is 42.7 Å². The molecule has 5 heteroatoms. The second-order valence-corrected chi connectivity index (χ2v) is 3.95. The molecule has 1 N–H and O–H groups in total. The monoisotopic (exact) mass is 234 g/mol. The van der Waals surface area contributed by atoms with Gasteiger partial charge in [0.05, 0.1) is 6.54 Å². The van der Waals surface area contributed by atoms with Crippen LogP contribution in [0.25, 0.3) is 0 Å². The average Bonchev–Trinajstić information content (AvgIpc) is 2.73. The van der Waals surface area contributed by atoms with Crippen LogP contribution < -0.4 is 5.32 Å². The van der Waals surface area contributed by atoms with Crippen molar-refractivity contribution in [3.63, 3.8) is 0 Å². The molecule has 0 aliphatic rings. The molecule has 0 fully saturated rings. The van der Waals surface area contributed by atoms with E-state index in [1.807, 2.05) is 14.0 Å². The average molecular weight is 234 g/mol. The molecule has 1 aromatic carbocycles. The van der Waals surface area contributed by atoms with E-state index >= 15 is 0 Å². The molecular formula is C12H15FN4. The number of aromatic nitrogens is 3. The van der Waals surface area contributed by atoms with Crippen molar-refractivity contribution in [3.05, 3.63) is 47.8 Å². The molecule has 0 saturated heterocycles. The highest BCUT2D eigenvalue weighted by atomic mass is 19.1. The van der Waals surface area contributed by atoms with E-state index in [1.54, 1.807) is 16.8 Å². The van der Waals surface area contributed by atoms with Crippen LogP contribution in [0.4, 0.5) is 4.39 Å². The van der Waals surface area contributed by atoms with Crippen LogP contribution in [0.1, 0.15) is 24.4 Å². The van der Waals surface area contributed by atoms with Crippen molar-refractivity contribution >= 4 is 0 Å². The quantitative estimate of drug-likeness (QED) is 0.877. The molecule has 1 aromatic heterocycles. The standard InChI is InChI=1S/C12H15FN4/c1-9(10-3-5-11(13)6-4-10)14-7-12-15-8-16-17(12)2/h3-6,8-9,14H,7H2,1-2H3. The van der Waals surface area contributed by atoms with Gasteiger partial charge in [-0.05, 0) is 24.6 Å². The van der Waals surface area contributed by atoms with E-state index in [4.69, 9.17) is 0 Å². The Kier molecular flexibility index (Phi) is 3.49. The van der Waals surface area contributed by atoms with E-state index in [0.29, 0.717) is 6.54 Å². The van der Waals surface area contributed by atoms with E-state index in [9.17, 15) is 4.39 Å². The molecule has 1 heterocycles. The first-order valence-electron chi connectivity index (χ1n) is 5.48. The SMILES string of the molecule is CC(NCc1ncnn1C)c1ccc(F)cc1. The van der Waals surface area contributed by atoms with E-state index in [-0.39, 0.29) is 11.9 Å². The Labute approximate surface area is 99.5 Å². The Balaban J connectivity index is 1.95. The van der Waals surface area contributed by atoms with Crippen LogP contribution in [0.15, 0.2) is 30.6 Å². The number of benzene rings is 1. The zero-order valence-electron chi connectivity index (χ0n) is 9.89. The predicted octanol–water partition coefficient (Wildman–Crippen LogP) is 1.80. The minimum atomic E-state index is -0.214. The van der Waals surface area contributed by atoms with Crippen molar-refractivity contribution < 1.29 is 4.39 Å². The molecule has 0 saturated carbocycles. The summed E-state index contributed by atoms with van der Waals surface area (Å²) in [5, 5.41) is 7.31. The molecule has 0 radical (unpaired) electrons. The maximum atomic E-state index is 12.8. The van der Waals surface area contributed by atoms with Gasteiger partial charge in [0.2, 0.25) is 0 Å². The number of hydrogen-bond acceptors (Lipinski definition) is 3. The summed E-state index contributed by atoms with van der Waals surface area (Å²) in [5.74, 6) is 0.660. The van der Waals surface area contributed by atoms with Crippen LogP contribution >= 0.6 is 0 Å². The lowest BCUT2D eigenvalue weighted by Crippen LogP contribution is -2.20. The molecule has 0 amide bonds. The normalized spacial score (nSPS) is 12.6. The summed E-state index contributed by atoms with van der Waals surface area (Å²) in [5.41, 5.74) is 1.05. The van der Waals surface area contributed by atoms with Gasteiger partial charge in [0.15, 0.2) is 0 Å². The number of nitrogens with one attached hydrogen (secondary N) is 1. The zero-order valence-corrected chi connectivity index (χ0v) is 9.89. The zero-order chi connectivity index (χ0) is 12.3. The Bertz CT molecular complexity index is 478. The van der Waals surface area contributed by atoms with Crippen molar-refractivity contribution in [3.8, 4) is 0 Å². The molecule has 2 rings (SSSR count). The minimum absolute atomic E-state index is 0.146. The van der Waals surface area contributed by atoms with Gasteiger partial charge in [0.1, 0.15) is 18.0 Å². The first-order chi connectivity index (χ1) is 8.16. The molecule has 1 unspecified atom stereocenters. The summed E-state index contributed by atoms with van der Waals surface area (Å²) >= 11 is 0. The third-order valence-corrected chi connectivity index (χ3v) is 2.74. The van der Waals surface area contributed by atoms with Gasteiger partial charge < -0.3 is 5.32 Å². The van der Waals surface area contributed by atoms with Crippen LogP contribution in [-0.2, 0) is 13.6 Å². The molecule has 0 aliphatic heterocycles. The maximum absolute atomic E-state index is 12.8. The Morgan fingerprint density at radius 3 is 2.65 bits per heavy atom. The van der Waals surface area contributed by atoms with Gasteiger partial charge in [-0.25, -0.2) is 9.37 Å². The van der Waals surface area contributed by atoms with Crippen LogP contribution in [0.3, 0.4) is 0 Å². The van der Waals surface area contributed by atoms with Crippen molar-refractivity contribution in [1.82, 2.24) is 20.1 Å². The fraction of sp³-hybridized carbons (Fsp3) is 0.333. The molecule has 0 aliphatic carbocycles. The van der Waals surface area contributed by atoms with Gasteiger partial charge in [-0.1, -0.05) is 12.1 Å². The molecular weight excluding hydrogens is 219 g/mol. The van der Waals surface area contributed by atoms with Crippen LogP contribution in [-0.4, -0.2) is 14.8 Å². The van der Waals surface area contributed by atoms with Gasteiger partial charge in [-0.3, -0.25) is 4.68 Å². The van der Waals surface area contributed by atoms with E-state index < -0.39 is 0 Å². The number of rotatable bonds is 4. The highest BCUT2D eigenvalue weighted by Crippen LogP contribution is 2.13. The Morgan fingerprint density at radius 1 is 1.35 bits per heavy atom. The molecule has 0 spiro atoms. The summed E-state index contributed by atoms with van der Waals surface area (Å²) in [6, 6.07) is 6.64. The summed E-state index contributed by atoms with van der Waals surface area (Å²) in [6.45, 7) is 2.67. The van der Waals surface area contributed by atoms with Crippen molar-refractivity contribution in [2.45, 2.75) is 19.5 Å². The Morgan fingerprint density at radius 2 is 2.06 bits per heavy atom. The van der Waals surface area contributed by atoms with Crippen LogP contribution in [0.2, 0.25) is 0 Å². The van der Waals surface area contributed by atoms with Crippen LogP contribution in [0, 0.1) is 5.82 Å². The van der Waals surface area contributed by atoms with Gasteiger partial charge in [0.25, 0.3) is 0 Å². The van der Waals surface area contributed by atoms with Gasteiger partial charge >= 0.3 is 0 Å². The lowest BCUT2D eigenvalue weighted by Gasteiger charge is -2.13. The highest BCUT2D eigenvalue weighted by molar-refractivity contribution is 5.19. The molecule has 4 nitrogen and oxygen atoms in total. The van der Waals surface area contributed by atoms with Crippen molar-refractivity contribution in [1.29, 1.82) is 0 Å². The minimum Gasteiger partial charge on any atom is -0.303 e. The molecule has 90 valence electrons. The smallest absolute Gasteiger partial charge is 0.140 e. The second-order valence-electron chi connectivity index (χ2n) is 3.95. The fourth-order valence-electron chi connectivity index (χ4n) is 1.59. The van der Waals surface area contributed by atoms with Gasteiger partial charge in [0, 0.05) is 13.1 Å². The second kappa shape index (κ2) is 5.05. The molecule has 2 aromatic rings. The van der Waals surface area contributed by atoms with E-state index in [2.05, 4.69) is 15.4 Å². The predicted molar refractivity (Wildman–Crippen MR) is 62.7 cm³/mol. The summed E-state index contributed by atoms with van der Waals surface area (Å²) in [6.07, 6.45) is 1.53. The first kappa shape index (κ1) is 11.7. The van der Waals surface area contributed by atoms with E-state index in [0.717, 1.165) is 11.4 Å². The summed E-state index contributed by atoms with van der Waals surface area (Å²) in [4.78, 5) is 4.12. The van der Waals surface area contributed by atoms with E-state index in [1.165, 1.54) is 18.5 Å². The third kappa shape index (κ3) is 2.88. The van der Waals surface area contributed by atoms with Gasteiger partial charge in [-0.2, -0.15) is 5.10 Å². The van der Waals surface area contributed by atoms with Gasteiger partial charge in [-0.15, -0.1) is 0 Å². The third-order valence-electron chi connectivity index (χ3n) is 2.74. The van der Waals surface area contributed by atoms with Crippen molar-refractivity contribution in [2.24, 2.45) is 7.05 Å². The largest absolute Gasteiger partial charge is 0.303 e. The molecule has 0 bridgehead atoms. The number of halogens is 1. The molecule has 17 heavy (non-hydrogen) atoms. The first-order valence-corrected chi connectivity index (χ1v) is 5.48. The number of aryl methyl sites for hydroxylation is 1. The lowest BCUT2D eigenvalue weighted by atomic mass is 10.1. The highest BCUT2D eigenvalue weighted by Gasteiger charge is 2.06. The lowest BCUT2D eigenvalue weighted by molar-refractivity contribution is 0.539. The summed E-state index contributed by atoms with van der Waals surface area (Å²) in [7, 11) is 1.85. The fourth-order valence-corrected chi connectivity index (χ4v) is 1.59. The maximum Gasteiger partial charge on any atom is 0.140 e. The Hall–Kier alpha value is -1.75. The number of hydrogen-bond donors (Lipinski definition) is 1. The van der Waals surface area contributed by atoms with Crippen molar-refractivity contribution in [2.75, 3.05) is 0 Å². The molecule has 1 atom stereocenters. The summed E-state index contributed by atoms with van der Waals surface area (Å²) < 4.78 is 14.5. The van der Waals surface area contributed by atoms with Crippen LogP contribution in [0.5, 0.6) is 0 Å². The number of nitrogens with zero attached hydrogens (tertiary/aromatic N) is 3.